The van der Waals surface area contributed by atoms with Gasteiger partial charge in [-0.2, -0.15) is 5.26 Å². The average molecular weight is 650 g/mol. The summed E-state index contributed by atoms with van der Waals surface area (Å²) in [6, 6.07) is 24.4. The minimum Gasteiger partial charge on any atom is -0.487 e. The lowest BCUT2D eigenvalue weighted by molar-refractivity contribution is -0.127. The van der Waals surface area contributed by atoms with Crippen LogP contribution in [0.3, 0.4) is 0 Å². The molecule has 0 radical (unpaired) electrons. The quantitative estimate of drug-likeness (QED) is 0.173. The maximum absolute atomic E-state index is 12.9. The number of hydrogen-bond acceptors (Lipinski definition) is 6. The van der Waals surface area contributed by atoms with E-state index in [0.717, 1.165) is 41.3 Å². The van der Waals surface area contributed by atoms with Gasteiger partial charge in [0.2, 0.25) is 11.8 Å². The number of nitriles is 1. The maximum atomic E-state index is 12.9. The van der Waals surface area contributed by atoms with Crippen LogP contribution in [-0.2, 0) is 17.9 Å². The van der Waals surface area contributed by atoms with Crippen molar-refractivity contribution in [2.75, 3.05) is 26.2 Å². The number of amides is 1. The Morgan fingerprint density at radius 2 is 1.68 bits per heavy atom. The van der Waals surface area contributed by atoms with E-state index in [2.05, 4.69) is 16.0 Å². The van der Waals surface area contributed by atoms with E-state index in [9.17, 15) is 4.79 Å². The number of aromatic nitrogens is 1. The third-order valence-corrected chi connectivity index (χ3v) is 7.61. The Morgan fingerprint density at radius 3 is 2.32 bits per heavy atom. The molecule has 0 bridgehead atoms. The number of hydrogen-bond donors (Lipinski definition) is 0. The monoisotopic (exact) mass is 648 g/mol. The number of carbonyl (C=O) groups excluding carboxylic acids is 1. The fourth-order valence-corrected chi connectivity index (χ4v) is 5.13. The fourth-order valence-electron chi connectivity index (χ4n) is 4.69. The summed E-state index contributed by atoms with van der Waals surface area (Å²) in [4.78, 5) is 21.4. The van der Waals surface area contributed by atoms with Crippen molar-refractivity contribution in [1.29, 1.82) is 5.26 Å². The average Bonchev–Trinajstić information content (AvgIpc) is 3.03. The molecular weight excluding hydrogens is 619 g/mol. The molecule has 10 heteroatoms. The lowest BCUT2D eigenvalue weighted by Crippen LogP contribution is -2.47. The molecule has 0 spiro atoms. The number of nitrogens with zero attached hydrogens (tertiary/aromatic N) is 4. The minimum absolute atomic E-state index is 0. The molecule has 0 saturated carbocycles. The van der Waals surface area contributed by atoms with Crippen molar-refractivity contribution < 1.29 is 14.3 Å². The Kier molecular flexibility index (Phi) is 11.6. The van der Waals surface area contributed by atoms with Gasteiger partial charge in [0.25, 0.3) is 0 Å². The summed E-state index contributed by atoms with van der Waals surface area (Å²) in [6.45, 7) is 6.08. The number of halogens is 3. The maximum Gasteiger partial charge on any atom is 0.246 e. The van der Waals surface area contributed by atoms with Gasteiger partial charge < -0.3 is 14.4 Å². The Morgan fingerprint density at radius 1 is 0.977 bits per heavy atom. The molecule has 0 aliphatic carbocycles. The smallest absolute Gasteiger partial charge is 0.246 e. The van der Waals surface area contributed by atoms with Crippen LogP contribution in [0.4, 0.5) is 0 Å². The van der Waals surface area contributed by atoms with E-state index in [1.165, 1.54) is 5.56 Å². The van der Waals surface area contributed by atoms with Gasteiger partial charge in [0.15, 0.2) is 5.75 Å². The molecule has 1 saturated heterocycles. The van der Waals surface area contributed by atoms with Gasteiger partial charge in [-0.1, -0.05) is 47.5 Å². The van der Waals surface area contributed by atoms with Gasteiger partial charge in [-0.25, -0.2) is 4.98 Å². The van der Waals surface area contributed by atoms with Crippen LogP contribution in [0.15, 0.2) is 85.1 Å². The van der Waals surface area contributed by atoms with Crippen molar-refractivity contribution in [3.8, 4) is 23.4 Å². The molecule has 7 nitrogen and oxygen atoms in total. The fraction of sp³-hybridized carbons (Fsp3) is 0.206. The SMILES string of the molecule is Cc1cc(/C=C\C(=O)N2CCN(Cc3ccc(Cl)cc3)CC2)cc(Cl)c1Oc1ccc(OCc2ccc(C#N)cc2)cn1.Cl. The second-order valence-corrected chi connectivity index (χ2v) is 11.1. The standard InChI is InChI=1S/C34H30Cl2N4O3.ClH/c1-24-18-28(8-13-33(41)40-16-14-39(15-17-40)22-26-6-9-29(35)10-7-26)19-31(36)34(24)43-32-12-11-30(21-38-32)42-23-27-4-2-25(20-37)3-5-27;/h2-13,18-19,21H,14-17,22-23H2,1H3;1H/b13-8-;. The summed E-state index contributed by atoms with van der Waals surface area (Å²) < 4.78 is 11.8. The molecule has 226 valence electrons. The summed E-state index contributed by atoms with van der Waals surface area (Å²) in [6.07, 6.45) is 4.96. The van der Waals surface area contributed by atoms with Crippen LogP contribution < -0.4 is 9.47 Å². The lowest BCUT2D eigenvalue weighted by atomic mass is 10.1. The van der Waals surface area contributed by atoms with Crippen molar-refractivity contribution in [2.45, 2.75) is 20.1 Å². The summed E-state index contributed by atoms with van der Waals surface area (Å²) >= 11 is 12.6. The molecule has 44 heavy (non-hydrogen) atoms. The van der Waals surface area contributed by atoms with Crippen molar-refractivity contribution in [2.24, 2.45) is 0 Å². The van der Waals surface area contributed by atoms with Crippen LogP contribution in [0.2, 0.25) is 10.0 Å². The topological polar surface area (TPSA) is 78.7 Å². The van der Waals surface area contributed by atoms with Gasteiger partial charge in [-0.15, -0.1) is 12.4 Å². The predicted octanol–water partition coefficient (Wildman–Crippen LogP) is 7.72. The molecule has 1 aliphatic rings. The zero-order valence-electron chi connectivity index (χ0n) is 24.1. The van der Waals surface area contributed by atoms with Crippen LogP contribution in [-0.4, -0.2) is 46.9 Å². The van der Waals surface area contributed by atoms with Gasteiger partial charge in [0.05, 0.1) is 22.9 Å². The zero-order chi connectivity index (χ0) is 30.2. The molecule has 0 unspecified atom stereocenters. The van der Waals surface area contributed by atoms with E-state index >= 15 is 0 Å². The van der Waals surface area contributed by atoms with E-state index < -0.39 is 0 Å². The van der Waals surface area contributed by atoms with E-state index in [-0.39, 0.29) is 18.3 Å². The van der Waals surface area contributed by atoms with Crippen LogP contribution in [0.1, 0.15) is 27.8 Å². The zero-order valence-corrected chi connectivity index (χ0v) is 26.4. The Bertz CT molecular complexity index is 1610. The summed E-state index contributed by atoms with van der Waals surface area (Å²) in [7, 11) is 0. The number of benzene rings is 3. The van der Waals surface area contributed by atoms with E-state index in [1.54, 1.807) is 48.7 Å². The van der Waals surface area contributed by atoms with Gasteiger partial charge in [0, 0.05) is 49.9 Å². The number of aryl methyl sites for hydroxylation is 1. The van der Waals surface area contributed by atoms with Crippen molar-refractivity contribution in [3.63, 3.8) is 0 Å². The van der Waals surface area contributed by atoms with E-state index in [1.807, 2.05) is 54.3 Å². The number of ether oxygens (including phenoxy) is 2. The highest BCUT2D eigenvalue weighted by Crippen LogP contribution is 2.34. The van der Waals surface area contributed by atoms with Crippen LogP contribution in [0.5, 0.6) is 17.4 Å². The minimum atomic E-state index is -0.0223. The molecule has 0 atom stereocenters. The molecule has 1 aliphatic heterocycles. The van der Waals surface area contributed by atoms with Crippen molar-refractivity contribution in [1.82, 2.24) is 14.8 Å². The van der Waals surface area contributed by atoms with Crippen LogP contribution in [0, 0.1) is 18.3 Å². The first-order valence-electron chi connectivity index (χ1n) is 13.9. The molecule has 2 heterocycles. The van der Waals surface area contributed by atoms with Crippen LogP contribution >= 0.6 is 35.6 Å². The van der Waals surface area contributed by atoms with Crippen molar-refractivity contribution >= 4 is 47.6 Å². The largest absolute Gasteiger partial charge is 0.487 e. The van der Waals surface area contributed by atoms with E-state index in [4.69, 9.17) is 37.9 Å². The molecule has 3 aromatic carbocycles. The van der Waals surface area contributed by atoms with E-state index in [0.29, 0.717) is 47.7 Å². The molecule has 1 fully saturated rings. The highest BCUT2D eigenvalue weighted by molar-refractivity contribution is 6.32. The molecule has 4 aromatic rings. The second kappa shape index (κ2) is 15.6. The number of piperazine rings is 1. The predicted molar refractivity (Wildman–Crippen MR) is 176 cm³/mol. The molecule has 5 rings (SSSR count). The summed E-state index contributed by atoms with van der Waals surface area (Å²) in [5.74, 6) is 1.45. The number of carbonyl (C=O) groups is 1. The Labute approximate surface area is 273 Å². The third kappa shape index (κ3) is 8.98. The molecule has 1 amide bonds. The number of rotatable bonds is 9. The normalized spacial score (nSPS) is 13.3. The highest BCUT2D eigenvalue weighted by atomic mass is 35.5. The van der Waals surface area contributed by atoms with Gasteiger partial charge in [-0.3, -0.25) is 9.69 Å². The molecule has 0 N–H and O–H groups in total. The van der Waals surface area contributed by atoms with Crippen LogP contribution in [0.25, 0.3) is 6.08 Å². The van der Waals surface area contributed by atoms with Crippen molar-refractivity contribution in [3.05, 3.63) is 123 Å². The third-order valence-electron chi connectivity index (χ3n) is 7.08. The van der Waals surface area contributed by atoms with Gasteiger partial charge in [0.1, 0.15) is 12.4 Å². The second-order valence-electron chi connectivity index (χ2n) is 10.2. The first-order valence-corrected chi connectivity index (χ1v) is 14.6. The highest BCUT2D eigenvalue weighted by Gasteiger charge is 2.20. The lowest BCUT2D eigenvalue weighted by Gasteiger charge is -2.34. The first-order chi connectivity index (χ1) is 20.9. The summed E-state index contributed by atoms with van der Waals surface area (Å²) in [5.41, 5.74) is 4.39. The molecule has 1 aromatic heterocycles. The molecular formula is C34H31Cl3N4O3. The van der Waals surface area contributed by atoms with Gasteiger partial charge >= 0.3 is 0 Å². The Balaban J connectivity index is 0.00000442. The first kappa shape index (κ1) is 32.8. The Hall–Kier alpha value is -4.06. The van der Waals surface area contributed by atoms with Gasteiger partial charge in [-0.05, 0) is 77.7 Å². The number of pyridine rings is 1. The summed E-state index contributed by atoms with van der Waals surface area (Å²) in [5, 5.41) is 10.1.